The highest BCUT2D eigenvalue weighted by Crippen LogP contribution is 2.41. The molecule has 8 aromatic carbocycles. The first-order chi connectivity index (χ1) is 32.2. The summed E-state index contributed by atoms with van der Waals surface area (Å²) in [7, 11) is 0. The van der Waals surface area contributed by atoms with Gasteiger partial charge in [-0.3, -0.25) is 0 Å². The summed E-state index contributed by atoms with van der Waals surface area (Å²) in [5.41, 5.74) is 18.6. The number of allylic oxidation sites excluding steroid dienone is 10. The molecule has 10 rings (SSSR count). The second kappa shape index (κ2) is 19.2. The van der Waals surface area contributed by atoms with Crippen molar-refractivity contribution in [2.45, 2.75) is 25.7 Å². The zero-order chi connectivity index (χ0) is 43.8. The fourth-order valence-electron chi connectivity index (χ4n) is 9.48. The van der Waals surface area contributed by atoms with E-state index < -0.39 is 0 Å². The second-order valence-electron chi connectivity index (χ2n) is 16.7. The molecule has 8 aromatic rings. The maximum absolute atomic E-state index is 3.82. The Balaban J connectivity index is 0.923. The molecule has 65 heavy (non-hydrogen) atoms. The predicted octanol–water partition coefficient (Wildman–Crippen LogP) is 17.6. The summed E-state index contributed by atoms with van der Waals surface area (Å²) in [4.78, 5) is 4.72. The summed E-state index contributed by atoms with van der Waals surface area (Å²) in [6.45, 7) is 4.54. The Kier molecular flexibility index (Phi) is 12.1. The standard InChI is InChI=1S/C63H52N2/c1-2-3-4-5-15-46-64(54-40-32-50(33-41-54)62-28-16-20-47-18-9-11-24-58(47)62)53-38-30-49(31-39-53)60-26-13-14-27-61(60)51-34-42-56(43-35-51)65(55-22-7-6-8-23-55)57-44-36-52(37-45-57)63-29-17-21-48-19-10-12-25-59(48)63/h2-9,11-16,18,20,22-45H,1,10,17,19,21,46H2/b4-3-,15-5-. The molecule has 2 heteroatoms. The molecule has 0 aromatic heterocycles. The van der Waals surface area contributed by atoms with Crippen molar-refractivity contribution in [2.24, 2.45) is 0 Å². The van der Waals surface area contributed by atoms with E-state index in [2.05, 4.69) is 241 Å². The Labute approximate surface area is 384 Å². The lowest BCUT2D eigenvalue weighted by Crippen LogP contribution is -2.16. The molecule has 0 amide bonds. The third-order valence-electron chi connectivity index (χ3n) is 12.7. The highest BCUT2D eigenvalue weighted by atomic mass is 15.1. The largest absolute Gasteiger partial charge is 0.338 e. The zero-order valence-corrected chi connectivity index (χ0v) is 36.7. The molecule has 314 valence electrons. The number of anilines is 5. The monoisotopic (exact) mass is 836 g/mol. The summed E-state index contributed by atoms with van der Waals surface area (Å²) in [5.74, 6) is 0. The summed E-state index contributed by atoms with van der Waals surface area (Å²) in [5, 5.41) is 2.51. The number of benzene rings is 8. The Morgan fingerprint density at radius 2 is 0.969 bits per heavy atom. The Morgan fingerprint density at radius 3 is 1.63 bits per heavy atom. The number of rotatable bonds is 13. The van der Waals surface area contributed by atoms with E-state index in [-0.39, 0.29) is 0 Å². The van der Waals surface area contributed by atoms with Crippen molar-refractivity contribution in [3.05, 3.63) is 266 Å². The second-order valence-corrected chi connectivity index (χ2v) is 16.7. The van der Waals surface area contributed by atoms with E-state index in [9.17, 15) is 0 Å². The Bertz CT molecular complexity index is 3080. The van der Waals surface area contributed by atoms with Gasteiger partial charge in [0.2, 0.25) is 0 Å². The lowest BCUT2D eigenvalue weighted by atomic mass is 9.82. The molecule has 0 bridgehead atoms. The molecule has 0 atom stereocenters. The van der Waals surface area contributed by atoms with Crippen LogP contribution >= 0.6 is 0 Å². The SMILES string of the molecule is C=C/C=C\C=C/CN(c1ccc(-c2ccccc2-c2ccc(N(c3ccccc3)c3ccc(C4=CCCC5=C4C=CCC5)cc3)cc2)cc1)c1ccc(-c2cccc3ccccc23)cc1. The summed E-state index contributed by atoms with van der Waals surface area (Å²) < 4.78 is 0. The van der Waals surface area contributed by atoms with Crippen molar-refractivity contribution in [3.8, 4) is 33.4 Å². The van der Waals surface area contributed by atoms with Crippen molar-refractivity contribution in [1.82, 2.24) is 0 Å². The van der Waals surface area contributed by atoms with Gasteiger partial charge in [-0.25, -0.2) is 0 Å². The smallest absolute Gasteiger partial charge is 0.0462 e. The summed E-state index contributed by atoms with van der Waals surface area (Å²) in [6, 6.07) is 70.7. The molecule has 2 aliphatic carbocycles. The third-order valence-corrected chi connectivity index (χ3v) is 12.7. The van der Waals surface area contributed by atoms with Crippen LogP contribution in [0.4, 0.5) is 28.4 Å². The van der Waals surface area contributed by atoms with Gasteiger partial charge >= 0.3 is 0 Å². The minimum absolute atomic E-state index is 0.719. The zero-order valence-electron chi connectivity index (χ0n) is 36.7. The fourth-order valence-corrected chi connectivity index (χ4v) is 9.48. The lowest BCUT2D eigenvalue weighted by molar-refractivity contribution is 0.834. The van der Waals surface area contributed by atoms with Gasteiger partial charge in [-0.15, -0.1) is 0 Å². The van der Waals surface area contributed by atoms with Crippen molar-refractivity contribution in [2.75, 3.05) is 16.3 Å². The normalized spacial score (nSPS) is 13.6. The van der Waals surface area contributed by atoms with E-state index in [1.807, 2.05) is 12.2 Å². The van der Waals surface area contributed by atoms with Crippen molar-refractivity contribution in [1.29, 1.82) is 0 Å². The molecular weight excluding hydrogens is 785 g/mol. The highest BCUT2D eigenvalue weighted by Gasteiger charge is 2.19. The van der Waals surface area contributed by atoms with Crippen LogP contribution in [0.25, 0.3) is 49.7 Å². The average molecular weight is 837 g/mol. The number of para-hydroxylation sites is 1. The van der Waals surface area contributed by atoms with Crippen LogP contribution in [0, 0.1) is 0 Å². The lowest BCUT2D eigenvalue weighted by Gasteiger charge is -2.27. The van der Waals surface area contributed by atoms with E-state index >= 15 is 0 Å². The number of hydrogen-bond acceptors (Lipinski definition) is 2. The van der Waals surface area contributed by atoms with Gasteiger partial charge in [0.25, 0.3) is 0 Å². The van der Waals surface area contributed by atoms with Crippen LogP contribution in [0.5, 0.6) is 0 Å². The molecule has 0 spiro atoms. The van der Waals surface area contributed by atoms with Crippen LogP contribution in [0.3, 0.4) is 0 Å². The van der Waals surface area contributed by atoms with Crippen LogP contribution in [-0.4, -0.2) is 6.54 Å². The molecule has 0 fully saturated rings. The Hall–Kier alpha value is -7.94. The van der Waals surface area contributed by atoms with Gasteiger partial charge < -0.3 is 9.80 Å². The van der Waals surface area contributed by atoms with E-state index in [0.29, 0.717) is 0 Å². The minimum Gasteiger partial charge on any atom is -0.338 e. The van der Waals surface area contributed by atoms with Gasteiger partial charge in [0.05, 0.1) is 0 Å². The van der Waals surface area contributed by atoms with Gasteiger partial charge in [-0.05, 0) is 147 Å². The van der Waals surface area contributed by atoms with Crippen LogP contribution in [-0.2, 0) is 0 Å². The molecule has 0 heterocycles. The minimum atomic E-state index is 0.719. The van der Waals surface area contributed by atoms with Gasteiger partial charge in [-0.2, -0.15) is 0 Å². The third kappa shape index (κ3) is 8.85. The predicted molar refractivity (Wildman–Crippen MR) is 279 cm³/mol. The van der Waals surface area contributed by atoms with Gasteiger partial charge in [0.15, 0.2) is 0 Å². The van der Waals surface area contributed by atoms with E-state index in [1.165, 1.54) is 73.7 Å². The van der Waals surface area contributed by atoms with Crippen LogP contribution in [0.2, 0.25) is 0 Å². The van der Waals surface area contributed by atoms with Gasteiger partial charge in [-0.1, -0.05) is 194 Å². The maximum Gasteiger partial charge on any atom is 0.0462 e. The molecule has 0 aliphatic heterocycles. The first kappa shape index (κ1) is 41.1. The van der Waals surface area contributed by atoms with Crippen molar-refractivity contribution >= 4 is 44.8 Å². The summed E-state index contributed by atoms with van der Waals surface area (Å²) >= 11 is 0. The molecule has 2 aliphatic rings. The maximum atomic E-state index is 3.82. The molecule has 0 saturated carbocycles. The van der Waals surface area contributed by atoms with Gasteiger partial charge in [0.1, 0.15) is 0 Å². The number of fused-ring (bicyclic) bond motifs is 1. The first-order valence-corrected chi connectivity index (χ1v) is 22.9. The molecular formula is C63H52N2. The average Bonchev–Trinajstić information content (AvgIpc) is 3.38. The quantitative estimate of drug-likeness (QED) is 0.107. The van der Waals surface area contributed by atoms with Crippen LogP contribution in [0.1, 0.15) is 31.2 Å². The van der Waals surface area contributed by atoms with E-state index in [1.54, 1.807) is 11.6 Å². The van der Waals surface area contributed by atoms with Crippen molar-refractivity contribution in [3.63, 3.8) is 0 Å². The summed E-state index contributed by atoms with van der Waals surface area (Å²) in [6.07, 6.45) is 21.8. The molecule has 2 nitrogen and oxygen atoms in total. The molecule has 0 radical (unpaired) electrons. The van der Waals surface area contributed by atoms with E-state index in [4.69, 9.17) is 0 Å². The number of nitrogens with zero attached hydrogens (tertiary/aromatic N) is 2. The molecule has 0 N–H and O–H groups in total. The first-order valence-electron chi connectivity index (χ1n) is 22.9. The van der Waals surface area contributed by atoms with Crippen LogP contribution < -0.4 is 9.80 Å². The van der Waals surface area contributed by atoms with E-state index in [0.717, 1.165) is 47.8 Å². The number of hydrogen-bond donors (Lipinski definition) is 0. The van der Waals surface area contributed by atoms with Crippen LogP contribution in [0.15, 0.2) is 260 Å². The molecule has 0 saturated heterocycles. The van der Waals surface area contributed by atoms with Crippen molar-refractivity contribution < 1.29 is 0 Å². The fraction of sp³-hybridized carbons (Fsp3) is 0.0794. The molecule has 0 unspecified atom stereocenters. The Morgan fingerprint density at radius 1 is 0.446 bits per heavy atom. The van der Waals surface area contributed by atoms with Gasteiger partial charge in [0, 0.05) is 35.0 Å². The highest BCUT2D eigenvalue weighted by molar-refractivity contribution is 5.97. The topological polar surface area (TPSA) is 6.48 Å².